The van der Waals surface area contributed by atoms with Crippen molar-refractivity contribution >= 4 is 23.2 Å². The maximum absolute atomic E-state index is 11.9. The Bertz CT molecular complexity index is 510. The summed E-state index contributed by atoms with van der Waals surface area (Å²) in [6, 6.07) is 1.17. The molecular formula is C12H17ClN4O4. The van der Waals surface area contributed by atoms with E-state index < -0.39 is 10.8 Å². The van der Waals surface area contributed by atoms with Crippen molar-refractivity contribution in [2.45, 2.75) is 0 Å². The van der Waals surface area contributed by atoms with Gasteiger partial charge in [0.1, 0.15) is 16.9 Å². The fourth-order valence-electron chi connectivity index (χ4n) is 1.43. The molecular weight excluding hydrogens is 300 g/mol. The predicted octanol–water partition coefficient (Wildman–Crippen LogP) is 0.951. The van der Waals surface area contributed by atoms with E-state index in [4.69, 9.17) is 16.3 Å². The summed E-state index contributed by atoms with van der Waals surface area (Å²) < 4.78 is 5.30. The Labute approximate surface area is 127 Å². The van der Waals surface area contributed by atoms with Gasteiger partial charge in [-0.05, 0) is 20.2 Å². The van der Waals surface area contributed by atoms with Crippen molar-refractivity contribution in [2.24, 2.45) is 0 Å². The number of carbonyl (C=O) groups is 1. The van der Waals surface area contributed by atoms with Crippen LogP contribution in [-0.2, 0) is 4.74 Å². The lowest BCUT2D eigenvalue weighted by molar-refractivity contribution is -0.385. The van der Waals surface area contributed by atoms with Crippen molar-refractivity contribution in [1.82, 2.24) is 15.2 Å². The molecule has 0 unspecified atom stereocenters. The Kier molecular flexibility index (Phi) is 7.00. The highest BCUT2D eigenvalue weighted by Crippen LogP contribution is 2.19. The normalized spacial score (nSPS) is 10.7. The fourth-order valence-corrected chi connectivity index (χ4v) is 1.59. The third-order valence-corrected chi connectivity index (χ3v) is 2.71. The van der Waals surface area contributed by atoms with Crippen LogP contribution in [0.2, 0.25) is 5.15 Å². The second-order valence-electron chi connectivity index (χ2n) is 4.45. The Balaban J connectivity index is 2.49. The van der Waals surface area contributed by atoms with Crippen LogP contribution in [0.25, 0.3) is 0 Å². The molecule has 116 valence electrons. The van der Waals surface area contributed by atoms with E-state index in [9.17, 15) is 14.9 Å². The summed E-state index contributed by atoms with van der Waals surface area (Å²) in [4.78, 5) is 27.6. The highest BCUT2D eigenvalue weighted by atomic mass is 35.5. The molecule has 8 nitrogen and oxygen atoms in total. The molecule has 0 atom stereocenters. The number of halogens is 1. The number of nitrogens with one attached hydrogen (secondary N) is 1. The van der Waals surface area contributed by atoms with Crippen molar-refractivity contribution in [3.05, 3.63) is 33.1 Å². The third kappa shape index (κ3) is 6.03. The molecule has 0 aliphatic heterocycles. The number of rotatable bonds is 8. The van der Waals surface area contributed by atoms with Crippen LogP contribution in [-0.4, -0.2) is 61.1 Å². The molecule has 0 aliphatic rings. The first kappa shape index (κ1) is 17.3. The summed E-state index contributed by atoms with van der Waals surface area (Å²) in [6.07, 6.45) is 0.963. The molecule has 9 heteroatoms. The van der Waals surface area contributed by atoms with Gasteiger partial charge in [0.05, 0.1) is 18.1 Å². The number of nitro groups is 1. The van der Waals surface area contributed by atoms with E-state index in [1.807, 2.05) is 19.0 Å². The van der Waals surface area contributed by atoms with E-state index in [1.54, 1.807) is 0 Å². The maximum atomic E-state index is 11.9. The van der Waals surface area contributed by atoms with Gasteiger partial charge in [-0.3, -0.25) is 14.9 Å². The first-order valence-electron chi connectivity index (χ1n) is 6.22. The fraction of sp³-hybridized carbons (Fsp3) is 0.500. The minimum Gasteiger partial charge on any atom is -0.378 e. The summed E-state index contributed by atoms with van der Waals surface area (Å²) in [6.45, 7) is 1.90. The highest BCUT2D eigenvalue weighted by Gasteiger charge is 2.20. The lowest BCUT2D eigenvalue weighted by Crippen LogP contribution is -2.29. The van der Waals surface area contributed by atoms with Crippen LogP contribution in [0.3, 0.4) is 0 Å². The second kappa shape index (κ2) is 8.50. The van der Waals surface area contributed by atoms with E-state index in [0.29, 0.717) is 13.2 Å². The highest BCUT2D eigenvalue weighted by molar-refractivity contribution is 6.29. The van der Waals surface area contributed by atoms with Crippen LogP contribution in [0.5, 0.6) is 0 Å². The van der Waals surface area contributed by atoms with Gasteiger partial charge in [0.25, 0.3) is 11.6 Å². The number of nitrogens with zero attached hydrogens (tertiary/aromatic N) is 3. The Morgan fingerprint density at radius 2 is 2.24 bits per heavy atom. The van der Waals surface area contributed by atoms with E-state index in [0.717, 1.165) is 12.7 Å². The summed E-state index contributed by atoms with van der Waals surface area (Å²) in [7, 11) is 3.86. The van der Waals surface area contributed by atoms with Gasteiger partial charge >= 0.3 is 0 Å². The van der Waals surface area contributed by atoms with Gasteiger partial charge in [-0.1, -0.05) is 11.6 Å². The van der Waals surface area contributed by atoms with E-state index >= 15 is 0 Å². The number of amides is 1. The largest absolute Gasteiger partial charge is 0.378 e. The van der Waals surface area contributed by atoms with E-state index in [2.05, 4.69) is 10.3 Å². The molecule has 0 aliphatic carbocycles. The minimum atomic E-state index is -0.675. The molecule has 1 rings (SSSR count). The van der Waals surface area contributed by atoms with Crippen molar-refractivity contribution in [1.29, 1.82) is 0 Å². The molecule has 0 spiro atoms. The Hall–Kier alpha value is -1.77. The van der Waals surface area contributed by atoms with Crippen molar-refractivity contribution in [2.75, 3.05) is 40.4 Å². The summed E-state index contributed by atoms with van der Waals surface area (Å²) >= 11 is 5.65. The van der Waals surface area contributed by atoms with Crippen LogP contribution >= 0.6 is 11.6 Å². The molecule has 0 fully saturated rings. The number of carbonyl (C=O) groups excluding carboxylic acids is 1. The standard InChI is InChI=1S/C12H17ClN4O4/c1-16(2)4-6-21-5-3-14-12(18)9-7-11(13)15-8-10(9)17(19)20/h7-8H,3-6H2,1-2H3,(H,14,18). The number of ether oxygens (including phenoxy) is 1. The number of aromatic nitrogens is 1. The Morgan fingerprint density at radius 1 is 1.52 bits per heavy atom. The third-order valence-electron chi connectivity index (χ3n) is 2.51. The van der Waals surface area contributed by atoms with Gasteiger partial charge in [-0.2, -0.15) is 0 Å². The van der Waals surface area contributed by atoms with Crippen molar-refractivity contribution in [3.63, 3.8) is 0 Å². The molecule has 21 heavy (non-hydrogen) atoms. The molecule has 0 saturated carbocycles. The topological polar surface area (TPSA) is 97.6 Å². The Morgan fingerprint density at radius 3 is 2.86 bits per heavy atom. The first-order valence-corrected chi connectivity index (χ1v) is 6.60. The molecule has 1 aromatic rings. The molecule has 1 amide bonds. The number of likely N-dealkylation sites (N-methyl/N-ethyl adjacent to an activating group) is 1. The van der Waals surface area contributed by atoms with Crippen molar-refractivity contribution < 1.29 is 14.5 Å². The summed E-state index contributed by atoms with van der Waals surface area (Å²) in [5, 5.41) is 13.4. The van der Waals surface area contributed by atoms with Crippen LogP contribution in [0.15, 0.2) is 12.3 Å². The van der Waals surface area contributed by atoms with Crippen LogP contribution in [0.1, 0.15) is 10.4 Å². The van der Waals surface area contributed by atoms with Gasteiger partial charge in [0.15, 0.2) is 0 Å². The number of pyridine rings is 1. The summed E-state index contributed by atoms with van der Waals surface area (Å²) in [5.41, 5.74) is -0.501. The van der Waals surface area contributed by atoms with Gasteiger partial charge in [-0.15, -0.1) is 0 Å². The zero-order valence-corrected chi connectivity index (χ0v) is 12.6. The quantitative estimate of drug-likeness (QED) is 0.332. The smallest absolute Gasteiger partial charge is 0.300 e. The lowest BCUT2D eigenvalue weighted by atomic mass is 10.2. The lowest BCUT2D eigenvalue weighted by Gasteiger charge is -2.10. The van der Waals surface area contributed by atoms with E-state index in [1.165, 1.54) is 6.07 Å². The predicted molar refractivity (Wildman–Crippen MR) is 77.6 cm³/mol. The number of hydrogen-bond acceptors (Lipinski definition) is 6. The van der Waals surface area contributed by atoms with Crippen LogP contribution in [0.4, 0.5) is 5.69 Å². The average Bonchev–Trinajstić information content (AvgIpc) is 2.41. The SMILES string of the molecule is CN(C)CCOCCNC(=O)c1cc(Cl)ncc1[N+](=O)[O-]. The van der Waals surface area contributed by atoms with Gasteiger partial charge in [-0.25, -0.2) is 4.98 Å². The van der Waals surface area contributed by atoms with Crippen LogP contribution in [0, 0.1) is 10.1 Å². The van der Waals surface area contributed by atoms with Gasteiger partial charge < -0.3 is 15.0 Å². The molecule has 1 heterocycles. The van der Waals surface area contributed by atoms with Crippen molar-refractivity contribution in [3.8, 4) is 0 Å². The number of hydrogen-bond donors (Lipinski definition) is 1. The molecule has 1 aromatic heterocycles. The molecule has 0 bridgehead atoms. The molecule has 0 aromatic carbocycles. The maximum Gasteiger partial charge on any atom is 0.300 e. The van der Waals surface area contributed by atoms with Gasteiger partial charge in [0, 0.05) is 13.1 Å². The van der Waals surface area contributed by atoms with E-state index in [-0.39, 0.29) is 22.9 Å². The molecule has 1 N–H and O–H groups in total. The monoisotopic (exact) mass is 316 g/mol. The zero-order valence-electron chi connectivity index (χ0n) is 11.8. The van der Waals surface area contributed by atoms with Crippen LogP contribution < -0.4 is 5.32 Å². The second-order valence-corrected chi connectivity index (χ2v) is 4.84. The zero-order chi connectivity index (χ0) is 15.8. The first-order chi connectivity index (χ1) is 9.91. The average molecular weight is 317 g/mol. The summed E-state index contributed by atoms with van der Waals surface area (Å²) in [5.74, 6) is -0.581. The van der Waals surface area contributed by atoms with Gasteiger partial charge in [0.2, 0.25) is 0 Å². The molecule has 0 radical (unpaired) electrons. The molecule has 0 saturated heterocycles. The minimum absolute atomic E-state index is 0.0213.